The first-order valence-electron chi connectivity index (χ1n) is 4.91. The lowest BCUT2D eigenvalue weighted by Gasteiger charge is -2.21. The van der Waals surface area contributed by atoms with Gasteiger partial charge in [-0.2, -0.15) is 0 Å². The van der Waals surface area contributed by atoms with Gasteiger partial charge in [-0.3, -0.25) is 0 Å². The fraction of sp³-hybridized carbons (Fsp3) is 0.600. The van der Waals surface area contributed by atoms with Crippen LogP contribution in [0.1, 0.15) is 19.4 Å². The van der Waals surface area contributed by atoms with Gasteiger partial charge in [-0.05, 0) is 24.4 Å². The second-order valence-corrected chi connectivity index (χ2v) is 4.19. The lowest BCUT2D eigenvalue weighted by molar-refractivity contribution is 0.249. The number of aliphatic hydroxyl groups excluding tert-OH is 1. The van der Waals surface area contributed by atoms with Gasteiger partial charge in [0.15, 0.2) is 0 Å². The molecule has 84 valence electrons. The summed E-state index contributed by atoms with van der Waals surface area (Å²) in [6.45, 7) is 6.03. The SMILES string of the molecule is Cc1cnc(Cl)nc1NC(CO)C(C)C. The van der Waals surface area contributed by atoms with Crippen LogP contribution in [0.2, 0.25) is 5.28 Å². The molecule has 4 nitrogen and oxygen atoms in total. The van der Waals surface area contributed by atoms with Gasteiger partial charge in [0, 0.05) is 11.8 Å². The van der Waals surface area contributed by atoms with E-state index in [2.05, 4.69) is 15.3 Å². The van der Waals surface area contributed by atoms with E-state index in [-0.39, 0.29) is 17.9 Å². The minimum atomic E-state index is -0.0188. The quantitative estimate of drug-likeness (QED) is 0.774. The Hall–Kier alpha value is -0.870. The molecule has 0 radical (unpaired) electrons. The topological polar surface area (TPSA) is 58.0 Å². The maximum absolute atomic E-state index is 9.18. The third-order valence-corrected chi connectivity index (χ3v) is 2.45. The number of hydrogen-bond donors (Lipinski definition) is 2. The van der Waals surface area contributed by atoms with Crippen LogP contribution in [-0.2, 0) is 0 Å². The largest absolute Gasteiger partial charge is 0.394 e. The number of aromatic nitrogens is 2. The van der Waals surface area contributed by atoms with E-state index in [0.29, 0.717) is 11.7 Å². The maximum atomic E-state index is 9.18. The summed E-state index contributed by atoms with van der Waals surface area (Å²) in [5.41, 5.74) is 0.915. The Labute approximate surface area is 94.7 Å². The maximum Gasteiger partial charge on any atom is 0.224 e. The van der Waals surface area contributed by atoms with E-state index in [4.69, 9.17) is 11.6 Å². The fourth-order valence-corrected chi connectivity index (χ4v) is 1.30. The fourth-order valence-electron chi connectivity index (χ4n) is 1.17. The number of anilines is 1. The lowest BCUT2D eigenvalue weighted by Crippen LogP contribution is -2.30. The Kier molecular flexibility index (Phi) is 4.29. The summed E-state index contributed by atoms with van der Waals surface area (Å²) < 4.78 is 0. The number of nitrogens with zero attached hydrogens (tertiary/aromatic N) is 2. The molecule has 0 fully saturated rings. The van der Waals surface area contributed by atoms with Crippen LogP contribution in [-0.4, -0.2) is 27.7 Å². The molecule has 1 aromatic heterocycles. The van der Waals surface area contributed by atoms with Crippen LogP contribution in [0.4, 0.5) is 5.82 Å². The normalized spacial score (nSPS) is 12.9. The van der Waals surface area contributed by atoms with Crippen LogP contribution in [0.3, 0.4) is 0 Å². The van der Waals surface area contributed by atoms with Gasteiger partial charge in [0.2, 0.25) is 5.28 Å². The van der Waals surface area contributed by atoms with Gasteiger partial charge in [0.25, 0.3) is 0 Å². The molecule has 0 aliphatic heterocycles. The number of rotatable bonds is 4. The second-order valence-electron chi connectivity index (χ2n) is 3.85. The number of aliphatic hydroxyl groups is 1. The number of nitrogens with one attached hydrogen (secondary N) is 1. The van der Waals surface area contributed by atoms with Gasteiger partial charge in [0.05, 0.1) is 12.6 Å². The zero-order chi connectivity index (χ0) is 11.4. The molecule has 0 aliphatic rings. The molecule has 1 unspecified atom stereocenters. The standard InChI is InChI=1S/C10H16ClN3O/c1-6(2)8(5-15)13-9-7(3)4-12-10(11)14-9/h4,6,8,15H,5H2,1-3H3,(H,12,13,14). The van der Waals surface area contributed by atoms with E-state index in [9.17, 15) is 5.11 Å². The van der Waals surface area contributed by atoms with Crippen molar-refractivity contribution in [2.75, 3.05) is 11.9 Å². The third-order valence-electron chi connectivity index (χ3n) is 2.27. The molecule has 15 heavy (non-hydrogen) atoms. The van der Waals surface area contributed by atoms with Crippen molar-refractivity contribution in [3.05, 3.63) is 17.0 Å². The average molecular weight is 230 g/mol. The molecule has 0 saturated carbocycles. The zero-order valence-corrected chi connectivity index (χ0v) is 9.91. The molecule has 0 saturated heterocycles. The van der Waals surface area contributed by atoms with Gasteiger partial charge in [0.1, 0.15) is 5.82 Å². The molecule has 5 heteroatoms. The smallest absolute Gasteiger partial charge is 0.224 e. The summed E-state index contributed by atoms with van der Waals surface area (Å²) in [7, 11) is 0. The third kappa shape index (κ3) is 3.32. The van der Waals surface area contributed by atoms with Crippen LogP contribution < -0.4 is 5.32 Å². The molecule has 0 bridgehead atoms. The highest BCUT2D eigenvalue weighted by Gasteiger charge is 2.13. The van der Waals surface area contributed by atoms with Gasteiger partial charge in [-0.15, -0.1) is 0 Å². The van der Waals surface area contributed by atoms with Crippen molar-refractivity contribution in [2.24, 2.45) is 5.92 Å². The highest BCUT2D eigenvalue weighted by molar-refractivity contribution is 6.28. The number of hydrogen-bond acceptors (Lipinski definition) is 4. The van der Waals surface area contributed by atoms with E-state index in [1.807, 2.05) is 20.8 Å². The van der Waals surface area contributed by atoms with Crippen molar-refractivity contribution in [1.29, 1.82) is 0 Å². The summed E-state index contributed by atoms with van der Waals surface area (Å²) in [5, 5.41) is 12.5. The van der Waals surface area contributed by atoms with Crippen molar-refractivity contribution in [2.45, 2.75) is 26.8 Å². The van der Waals surface area contributed by atoms with Crippen LogP contribution in [0.25, 0.3) is 0 Å². The molecule has 1 rings (SSSR count). The summed E-state index contributed by atoms with van der Waals surface area (Å²) in [4.78, 5) is 7.94. The second kappa shape index (κ2) is 5.28. The van der Waals surface area contributed by atoms with Gasteiger partial charge >= 0.3 is 0 Å². The first-order valence-corrected chi connectivity index (χ1v) is 5.29. The summed E-state index contributed by atoms with van der Waals surface area (Å²) >= 11 is 5.70. The Morgan fingerprint density at radius 3 is 2.73 bits per heavy atom. The molecular weight excluding hydrogens is 214 g/mol. The Balaban J connectivity index is 2.82. The average Bonchev–Trinajstić information content (AvgIpc) is 2.18. The highest BCUT2D eigenvalue weighted by Crippen LogP contribution is 2.16. The lowest BCUT2D eigenvalue weighted by atomic mass is 10.1. The highest BCUT2D eigenvalue weighted by atomic mass is 35.5. The summed E-state index contributed by atoms with van der Waals surface area (Å²) in [6.07, 6.45) is 1.66. The van der Waals surface area contributed by atoms with Crippen molar-refractivity contribution >= 4 is 17.4 Å². The molecule has 0 amide bonds. The van der Waals surface area contributed by atoms with Crippen molar-refractivity contribution in [3.63, 3.8) is 0 Å². The van der Waals surface area contributed by atoms with Crippen LogP contribution in [0, 0.1) is 12.8 Å². The molecule has 1 aromatic rings. The zero-order valence-electron chi connectivity index (χ0n) is 9.16. The monoisotopic (exact) mass is 229 g/mol. The Bertz CT molecular complexity index is 330. The van der Waals surface area contributed by atoms with Crippen molar-refractivity contribution in [3.8, 4) is 0 Å². The van der Waals surface area contributed by atoms with E-state index < -0.39 is 0 Å². The van der Waals surface area contributed by atoms with E-state index >= 15 is 0 Å². The first kappa shape index (κ1) is 12.2. The van der Waals surface area contributed by atoms with Crippen molar-refractivity contribution < 1.29 is 5.11 Å². The number of halogens is 1. The van der Waals surface area contributed by atoms with Crippen LogP contribution in [0.15, 0.2) is 6.20 Å². The van der Waals surface area contributed by atoms with E-state index in [1.165, 1.54) is 0 Å². The molecular formula is C10H16ClN3O. The Morgan fingerprint density at radius 2 is 2.20 bits per heavy atom. The Morgan fingerprint density at radius 1 is 1.53 bits per heavy atom. The molecule has 1 atom stereocenters. The molecule has 2 N–H and O–H groups in total. The van der Waals surface area contributed by atoms with Crippen LogP contribution in [0.5, 0.6) is 0 Å². The molecule has 0 aliphatic carbocycles. The first-order chi connectivity index (χ1) is 7.04. The summed E-state index contributed by atoms with van der Waals surface area (Å²) in [6, 6.07) is -0.0188. The molecule has 0 spiro atoms. The molecule has 1 heterocycles. The predicted octanol–water partition coefficient (Wildman–Crippen LogP) is 1.87. The summed E-state index contributed by atoms with van der Waals surface area (Å²) in [5.74, 6) is 1.01. The number of aryl methyl sites for hydroxylation is 1. The minimum absolute atomic E-state index is 0.0188. The van der Waals surface area contributed by atoms with Crippen molar-refractivity contribution in [1.82, 2.24) is 9.97 Å². The van der Waals surface area contributed by atoms with Gasteiger partial charge in [-0.25, -0.2) is 9.97 Å². The van der Waals surface area contributed by atoms with E-state index in [0.717, 1.165) is 5.56 Å². The predicted molar refractivity (Wildman–Crippen MR) is 61.1 cm³/mol. The molecule has 0 aromatic carbocycles. The van der Waals surface area contributed by atoms with Crippen LogP contribution >= 0.6 is 11.6 Å². The van der Waals surface area contributed by atoms with Gasteiger partial charge in [-0.1, -0.05) is 13.8 Å². The van der Waals surface area contributed by atoms with E-state index in [1.54, 1.807) is 6.20 Å². The van der Waals surface area contributed by atoms with Gasteiger partial charge < -0.3 is 10.4 Å². The minimum Gasteiger partial charge on any atom is -0.394 e.